The van der Waals surface area contributed by atoms with Gasteiger partial charge in [0.25, 0.3) is 0 Å². The Hall–Kier alpha value is -1.42. The minimum absolute atomic E-state index is 0.0875. The van der Waals surface area contributed by atoms with Crippen LogP contribution in [0.4, 0.5) is 5.82 Å². The Kier molecular flexibility index (Phi) is 4.01. The molecule has 1 aromatic heterocycles. The molecule has 1 atom stereocenters. The molecule has 0 fully saturated rings. The predicted octanol–water partition coefficient (Wildman–Crippen LogP) is 1.77. The first-order chi connectivity index (χ1) is 7.52. The van der Waals surface area contributed by atoms with Crippen molar-refractivity contribution in [3.8, 4) is 0 Å². The lowest BCUT2D eigenvalue weighted by atomic mass is 10.1. The molecule has 1 aromatic rings. The van der Waals surface area contributed by atoms with E-state index in [0.717, 1.165) is 0 Å². The van der Waals surface area contributed by atoms with Crippen molar-refractivity contribution in [2.75, 3.05) is 6.61 Å². The molecular weight excluding hydrogens is 231 g/mol. The molecule has 0 saturated heterocycles. The lowest BCUT2D eigenvalue weighted by Gasteiger charge is -2.01. The summed E-state index contributed by atoms with van der Waals surface area (Å²) in [5.74, 6) is -0.612. The van der Waals surface area contributed by atoms with E-state index in [9.17, 15) is 14.9 Å². The smallest absolute Gasteiger partial charge is 0.342 e. The highest BCUT2D eigenvalue weighted by Crippen LogP contribution is 2.28. The summed E-state index contributed by atoms with van der Waals surface area (Å²) in [6.07, 6.45) is 1.81. The zero-order chi connectivity index (χ0) is 12.3. The van der Waals surface area contributed by atoms with Crippen LogP contribution in [0.15, 0.2) is 6.20 Å². The Balaban J connectivity index is 3.26. The third-order valence-corrected chi connectivity index (χ3v) is 2.52. The summed E-state index contributed by atoms with van der Waals surface area (Å²) >= 11 is 0. The zero-order valence-corrected chi connectivity index (χ0v) is 10.3. The first-order valence-corrected chi connectivity index (χ1v) is 5.35. The average molecular weight is 244 g/mol. The number of hydrogen-bond acceptors (Lipinski definition) is 4. The quantitative estimate of drug-likeness (QED) is 0.350. The predicted molar refractivity (Wildman–Crippen MR) is 61.5 cm³/mol. The van der Waals surface area contributed by atoms with Crippen molar-refractivity contribution in [2.24, 2.45) is 0 Å². The van der Waals surface area contributed by atoms with Gasteiger partial charge in [0, 0.05) is 0 Å². The minimum atomic E-state index is -0.524. The van der Waals surface area contributed by atoms with Crippen LogP contribution >= 0.6 is 9.39 Å². The largest absolute Gasteiger partial charge is 0.462 e. The molecule has 0 aliphatic heterocycles. The first kappa shape index (κ1) is 12.6. The number of hydrogen-bond donors (Lipinski definition) is 0. The van der Waals surface area contributed by atoms with Gasteiger partial charge in [0.1, 0.15) is 11.8 Å². The third kappa shape index (κ3) is 2.22. The minimum Gasteiger partial charge on any atom is -0.462 e. The molecule has 0 saturated carbocycles. The number of nitro groups is 1. The van der Waals surface area contributed by atoms with Crippen LogP contribution in [0.25, 0.3) is 0 Å². The van der Waals surface area contributed by atoms with Crippen LogP contribution in [0.1, 0.15) is 29.8 Å². The van der Waals surface area contributed by atoms with Crippen molar-refractivity contribution in [2.45, 2.75) is 20.3 Å². The standard InChI is InChI=1S/C9H13N2O4P/c1-3-6-7(9(12)15-4-2)5-10(16)8(6)11(13)14/h5H,3-4,16H2,1-2H3. The molecule has 1 heterocycles. The Bertz CT molecular complexity index is 427. The molecular formula is C9H13N2O4P. The zero-order valence-electron chi connectivity index (χ0n) is 9.10. The molecule has 16 heavy (non-hydrogen) atoms. The number of aromatic nitrogens is 1. The van der Waals surface area contributed by atoms with Crippen LogP contribution in [0, 0.1) is 10.1 Å². The fraction of sp³-hybridized carbons (Fsp3) is 0.444. The van der Waals surface area contributed by atoms with Crippen LogP contribution in [0.3, 0.4) is 0 Å². The van der Waals surface area contributed by atoms with E-state index in [1.165, 1.54) is 10.5 Å². The second kappa shape index (κ2) is 5.07. The van der Waals surface area contributed by atoms with Gasteiger partial charge in [0.05, 0.1) is 21.6 Å². The molecule has 1 rings (SSSR count). The Morgan fingerprint density at radius 2 is 2.25 bits per heavy atom. The number of carbonyl (C=O) groups excluding carboxylic acids is 1. The highest BCUT2D eigenvalue weighted by molar-refractivity contribution is 7.14. The molecule has 1 unspecified atom stereocenters. The van der Waals surface area contributed by atoms with Crippen molar-refractivity contribution in [1.82, 2.24) is 4.34 Å². The maximum atomic E-state index is 11.5. The molecule has 0 aliphatic rings. The van der Waals surface area contributed by atoms with Crippen molar-refractivity contribution in [3.63, 3.8) is 0 Å². The maximum absolute atomic E-state index is 11.5. The summed E-state index contributed by atoms with van der Waals surface area (Å²) in [5.41, 5.74) is 0.657. The number of ether oxygens (including phenoxy) is 1. The molecule has 0 radical (unpaired) electrons. The van der Waals surface area contributed by atoms with Gasteiger partial charge in [0.2, 0.25) is 0 Å². The van der Waals surface area contributed by atoms with Crippen LogP contribution < -0.4 is 0 Å². The summed E-state index contributed by atoms with van der Waals surface area (Å²) in [6.45, 7) is 3.70. The van der Waals surface area contributed by atoms with Crippen molar-refractivity contribution in [1.29, 1.82) is 0 Å². The van der Waals surface area contributed by atoms with Crippen molar-refractivity contribution >= 4 is 21.2 Å². The van der Waals surface area contributed by atoms with E-state index in [-0.39, 0.29) is 18.0 Å². The SMILES string of the molecule is CCOC(=O)c1cn(P)c([N+](=O)[O-])c1CC. The molecule has 0 aliphatic carbocycles. The van der Waals surface area contributed by atoms with E-state index in [2.05, 4.69) is 9.39 Å². The monoisotopic (exact) mass is 244 g/mol. The van der Waals surface area contributed by atoms with Gasteiger partial charge < -0.3 is 14.9 Å². The normalized spacial score (nSPS) is 10.2. The van der Waals surface area contributed by atoms with Crippen molar-refractivity contribution in [3.05, 3.63) is 27.4 Å². The van der Waals surface area contributed by atoms with E-state index in [0.29, 0.717) is 12.0 Å². The Morgan fingerprint density at radius 1 is 1.62 bits per heavy atom. The van der Waals surface area contributed by atoms with Gasteiger partial charge in [-0.25, -0.2) is 9.13 Å². The summed E-state index contributed by atoms with van der Waals surface area (Å²) in [6, 6.07) is 0. The molecule has 0 spiro atoms. The van der Waals surface area contributed by atoms with Gasteiger partial charge >= 0.3 is 11.8 Å². The highest BCUT2D eigenvalue weighted by atomic mass is 31.0. The van der Waals surface area contributed by atoms with E-state index in [1.807, 2.05) is 0 Å². The first-order valence-electron chi connectivity index (χ1n) is 4.83. The topological polar surface area (TPSA) is 74.4 Å². The number of rotatable bonds is 4. The molecule has 0 N–H and O–H groups in total. The van der Waals surface area contributed by atoms with Gasteiger partial charge in [-0.3, -0.25) is 0 Å². The highest BCUT2D eigenvalue weighted by Gasteiger charge is 2.26. The van der Waals surface area contributed by atoms with Gasteiger partial charge in [0.15, 0.2) is 0 Å². The van der Waals surface area contributed by atoms with Gasteiger partial charge in [-0.05, 0) is 18.3 Å². The van der Waals surface area contributed by atoms with Crippen LogP contribution in [0.5, 0.6) is 0 Å². The second-order valence-corrected chi connectivity index (χ2v) is 3.64. The Morgan fingerprint density at radius 3 is 2.69 bits per heavy atom. The van der Waals surface area contributed by atoms with Crippen LogP contribution in [-0.4, -0.2) is 21.8 Å². The summed E-state index contributed by atoms with van der Waals surface area (Å²) in [7, 11) is 2.19. The van der Waals surface area contributed by atoms with Crippen LogP contribution in [-0.2, 0) is 11.2 Å². The maximum Gasteiger partial charge on any atom is 0.342 e. The summed E-state index contributed by atoms with van der Waals surface area (Å²) in [5, 5.41) is 10.8. The second-order valence-electron chi connectivity index (χ2n) is 3.08. The number of esters is 1. The third-order valence-electron chi connectivity index (χ3n) is 2.13. The lowest BCUT2D eigenvalue weighted by Crippen LogP contribution is -2.06. The lowest BCUT2D eigenvalue weighted by molar-refractivity contribution is -0.390. The van der Waals surface area contributed by atoms with Gasteiger partial charge in [-0.1, -0.05) is 6.92 Å². The molecule has 7 heteroatoms. The van der Waals surface area contributed by atoms with E-state index >= 15 is 0 Å². The molecule has 0 aromatic carbocycles. The molecule has 6 nitrogen and oxygen atoms in total. The van der Waals surface area contributed by atoms with E-state index in [1.54, 1.807) is 13.8 Å². The van der Waals surface area contributed by atoms with E-state index < -0.39 is 10.9 Å². The fourth-order valence-electron chi connectivity index (χ4n) is 1.49. The van der Waals surface area contributed by atoms with Gasteiger partial charge in [-0.2, -0.15) is 0 Å². The molecule has 0 bridgehead atoms. The summed E-state index contributed by atoms with van der Waals surface area (Å²) in [4.78, 5) is 21.9. The fourth-order valence-corrected chi connectivity index (χ4v) is 1.89. The molecule has 88 valence electrons. The van der Waals surface area contributed by atoms with Crippen molar-refractivity contribution < 1.29 is 14.5 Å². The van der Waals surface area contributed by atoms with Gasteiger partial charge in [-0.15, -0.1) is 0 Å². The average Bonchev–Trinajstić information content (AvgIpc) is 2.55. The van der Waals surface area contributed by atoms with E-state index in [4.69, 9.17) is 4.74 Å². The number of carbonyl (C=O) groups is 1. The molecule has 0 amide bonds. The van der Waals surface area contributed by atoms with Crippen LogP contribution in [0.2, 0.25) is 0 Å². The Labute approximate surface area is 95.0 Å². The number of nitrogens with zero attached hydrogens (tertiary/aromatic N) is 2. The summed E-state index contributed by atoms with van der Waals surface area (Å²) < 4.78 is 6.09.